The molecule has 0 saturated carbocycles. The first-order chi connectivity index (χ1) is 7.25. The number of carbonyl (C=O) groups is 1. The van der Waals surface area contributed by atoms with E-state index in [2.05, 4.69) is 15.5 Å². The van der Waals surface area contributed by atoms with E-state index in [1.54, 1.807) is 31.2 Å². The molecule has 1 N–H and O–H groups in total. The molecule has 0 aliphatic carbocycles. The van der Waals surface area contributed by atoms with Crippen LogP contribution in [0.5, 0.6) is 0 Å². The van der Waals surface area contributed by atoms with Gasteiger partial charge in [0.05, 0.1) is 0 Å². The lowest BCUT2D eigenvalue weighted by molar-refractivity contribution is 0.102. The predicted molar refractivity (Wildman–Crippen MR) is 53.4 cm³/mol. The maximum absolute atomic E-state index is 11.6. The first-order valence-electron chi connectivity index (χ1n) is 4.42. The second-order valence-electron chi connectivity index (χ2n) is 2.95. The van der Waals surface area contributed by atoms with Crippen LogP contribution < -0.4 is 5.32 Å². The first kappa shape index (κ1) is 9.39. The molecule has 15 heavy (non-hydrogen) atoms. The molecule has 0 bridgehead atoms. The number of aryl methyl sites for hydroxylation is 1. The summed E-state index contributed by atoms with van der Waals surface area (Å²) in [4.78, 5) is 11.6. The summed E-state index contributed by atoms with van der Waals surface area (Å²) in [7, 11) is 0. The molecular formula is C10H9N3O2. The van der Waals surface area contributed by atoms with Gasteiger partial charge in [-0.15, -0.1) is 5.10 Å². The van der Waals surface area contributed by atoms with Gasteiger partial charge in [-0.3, -0.25) is 10.1 Å². The van der Waals surface area contributed by atoms with E-state index in [1.165, 1.54) is 0 Å². The summed E-state index contributed by atoms with van der Waals surface area (Å²) in [5.41, 5.74) is 0.549. The van der Waals surface area contributed by atoms with Gasteiger partial charge in [0.15, 0.2) is 0 Å². The van der Waals surface area contributed by atoms with Crippen LogP contribution in [-0.2, 0) is 0 Å². The number of nitrogens with one attached hydrogen (secondary N) is 1. The van der Waals surface area contributed by atoms with E-state index in [1.807, 2.05) is 6.07 Å². The highest BCUT2D eigenvalue weighted by atomic mass is 16.4. The van der Waals surface area contributed by atoms with Gasteiger partial charge in [0.2, 0.25) is 5.89 Å². The van der Waals surface area contributed by atoms with Crippen molar-refractivity contribution in [3.63, 3.8) is 0 Å². The molecule has 1 aromatic heterocycles. The van der Waals surface area contributed by atoms with E-state index in [-0.39, 0.29) is 11.9 Å². The van der Waals surface area contributed by atoms with Crippen LogP contribution in [0.25, 0.3) is 0 Å². The number of benzene rings is 1. The Labute approximate surface area is 86.1 Å². The van der Waals surface area contributed by atoms with Crippen molar-refractivity contribution in [2.45, 2.75) is 6.92 Å². The number of anilines is 1. The van der Waals surface area contributed by atoms with Gasteiger partial charge in [0.1, 0.15) is 0 Å². The molecule has 0 saturated heterocycles. The maximum Gasteiger partial charge on any atom is 0.322 e. The van der Waals surface area contributed by atoms with E-state index < -0.39 is 0 Å². The van der Waals surface area contributed by atoms with Crippen molar-refractivity contribution in [1.29, 1.82) is 0 Å². The van der Waals surface area contributed by atoms with Crippen molar-refractivity contribution in [2.75, 3.05) is 5.32 Å². The van der Waals surface area contributed by atoms with Crippen molar-refractivity contribution in [1.82, 2.24) is 10.2 Å². The molecule has 0 atom stereocenters. The molecule has 2 aromatic rings. The molecule has 1 amide bonds. The number of hydrogen-bond donors (Lipinski definition) is 1. The monoisotopic (exact) mass is 203 g/mol. The third kappa shape index (κ3) is 2.19. The Kier molecular flexibility index (Phi) is 2.45. The van der Waals surface area contributed by atoms with Crippen molar-refractivity contribution in [2.24, 2.45) is 0 Å². The first-order valence-corrected chi connectivity index (χ1v) is 4.42. The zero-order chi connectivity index (χ0) is 10.7. The highest BCUT2D eigenvalue weighted by Gasteiger charge is 2.08. The van der Waals surface area contributed by atoms with Crippen molar-refractivity contribution in [3.8, 4) is 0 Å². The molecule has 5 heteroatoms. The van der Waals surface area contributed by atoms with Crippen LogP contribution in [0.1, 0.15) is 16.2 Å². The minimum atomic E-state index is -0.265. The Bertz CT molecular complexity index is 465. The van der Waals surface area contributed by atoms with Gasteiger partial charge in [-0.2, -0.15) is 0 Å². The Hall–Kier alpha value is -2.17. The normalized spacial score (nSPS) is 9.93. The summed E-state index contributed by atoms with van der Waals surface area (Å²) < 4.78 is 5.02. The lowest BCUT2D eigenvalue weighted by Crippen LogP contribution is -2.11. The van der Waals surface area contributed by atoms with E-state index >= 15 is 0 Å². The van der Waals surface area contributed by atoms with Gasteiger partial charge in [-0.05, 0) is 12.1 Å². The number of aromatic nitrogens is 2. The van der Waals surface area contributed by atoms with Gasteiger partial charge in [0, 0.05) is 12.5 Å². The lowest BCUT2D eigenvalue weighted by atomic mass is 10.2. The van der Waals surface area contributed by atoms with Gasteiger partial charge in [-0.1, -0.05) is 23.3 Å². The standard InChI is InChI=1S/C10H9N3O2/c1-7-12-13-10(15-7)11-9(14)8-5-3-2-4-6-8/h2-6H,1H3,(H,11,13,14). The average molecular weight is 203 g/mol. The Morgan fingerprint density at radius 3 is 2.60 bits per heavy atom. The molecule has 76 valence electrons. The zero-order valence-corrected chi connectivity index (χ0v) is 8.10. The van der Waals surface area contributed by atoms with Crippen molar-refractivity contribution >= 4 is 11.9 Å². The molecule has 0 aliphatic rings. The number of hydrogen-bond acceptors (Lipinski definition) is 4. The summed E-state index contributed by atoms with van der Waals surface area (Å²) in [5.74, 6) is 0.151. The van der Waals surface area contributed by atoms with Gasteiger partial charge in [-0.25, -0.2) is 0 Å². The fourth-order valence-corrected chi connectivity index (χ4v) is 1.11. The van der Waals surface area contributed by atoms with Crippen LogP contribution in [0, 0.1) is 6.92 Å². The molecule has 2 rings (SSSR count). The molecule has 0 aliphatic heterocycles. The predicted octanol–water partition coefficient (Wildman–Crippen LogP) is 1.63. The molecule has 0 fully saturated rings. The fraction of sp³-hybridized carbons (Fsp3) is 0.100. The molecule has 0 unspecified atom stereocenters. The molecule has 1 aromatic carbocycles. The van der Waals surface area contributed by atoms with Crippen LogP contribution >= 0.6 is 0 Å². The Balaban J connectivity index is 2.11. The minimum absolute atomic E-state index is 0.112. The minimum Gasteiger partial charge on any atom is -0.408 e. The molecule has 0 spiro atoms. The second kappa shape index (κ2) is 3.91. The highest BCUT2D eigenvalue weighted by Crippen LogP contribution is 2.06. The van der Waals surface area contributed by atoms with Gasteiger partial charge >= 0.3 is 6.01 Å². The smallest absolute Gasteiger partial charge is 0.322 e. The van der Waals surface area contributed by atoms with Gasteiger partial charge < -0.3 is 4.42 Å². The quantitative estimate of drug-likeness (QED) is 0.805. The fourth-order valence-electron chi connectivity index (χ4n) is 1.11. The molecular weight excluding hydrogens is 194 g/mol. The van der Waals surface area contributed by atoms with Crippen LogP contribution in [0.3, 0.4) is 0 Å². The summed E-state index contributed by atoms with van der Waals surface area (Å²) in [5, 5.41) is 9.76. The molecule has 5 nitrogen and oxygen atoms in total. The van der Waals surface area contributed by atoms with E-state index in [0.717, 1.165) is 0 Å². The van der Waals surface area contributed by atoms with Crippen molar-refractivity contribution < 1.29 is 9.21 Å². The van der Waals surface area contributed by atoms with Crippen LogP contribution in [-0.4, -0.2) is 16.1 Å². The largest absolute Gasteiger partial charge is 0.408 e. The number of amides is 1. The Morgan fingerprint density at radius 2 is 2.00 bits per heavy atom. The van der Waals surface area contributed by atoms with E-state index in [0.29, 0.717) is 11.5 Å². The lowest BCUT2D eigenvalue weighted by Gasteiger charge is -1.98. The Morgan fingerprint density at radius 1 is 1.27 bits per heavy atom. The number of nitrogens with zero attached hydrogens (tertiary/aromatic N) is 2. The topological polar surface area (TPSA) is 68.0 Å². The third-order valence-electron chi connectivity index (χ3n) is 1.78. The van der Waals surface area contributed by atoms with Crippen LogP contribution in [0.2, 0.25) is 0 Å². The number of carbonyl (C=O) groups excluding carboxylic acids is 1. The number of rotatable bonds is 2. The average Bonchev–Trinajstić information content (AvgIpc) is 2.65. The SMILES string of the molecule is Cc1nnc(NC(=O)c2ccccc2)o1. The summed E-state index contributed by atoms with van der Waals surface area (Å²) in [6.07, 6.45) is 0. The maximum atomic E-state index is 11.6. The highest BCUT2D eigenvalue weighted by molar-refractivity contribution is 6.02. The summed E-state index contributed by atoms with van der Waals surface area (Å²) in [6.45, 7) is 1.66. The van der Waals surface area contributed by atoms with Gasteiger partial charge in [0.25, 0.3) is 5.91 Å². The second-order valence-corrected chi connectivity index (χ2v) is 2.95. The molecule has 1 heterocycles. The zero-order valence-electron chi connectivity index (χ0n) is 8.10. The van der Waals surface area contributed by atoms with Crippen LogP contribution in [0.15, 0.2) is 34.7 Å². The summed E-state index contributed by atoms with van der Waals surface area (Å²) in [6, 6.07) is 8.94. The van der Waals surface area contributed by atoms with E-state index in [9.17, 15) is 4.79 Å². The third-order valence-corrected chi connectivity index (χ3v) is 1.78. The van der Waals surface area contributed by atoms with E-state index in [4.69, 9.17) is 4.42 Å². The van der Waals surface area contributed by atoms with Crippen molar-refractivity contribution in [3.05, 3.63) is 41.8 Å². The summed E-state index contributed by atoms with van der Waals surface area (Å²) >= 11 is 0. The molecule has 0 radical (unpaired) electrons. The van der Waals surface area contributed by atoms with Crippen LogP contribution in [0.4, 0.5) is 6.01 Å².